The first kappa shape index (κ1) is 12.6. The van der Waals surface area contributed by atoms with E-state index in [4.69, 9.17) is 0 Å². The van der Waals surface area contributed by atoms with Crippen molar-refractivity contribution in [2.24, 2.45) is 0 Å². The minimum absolute atomic E-state index is 1.25. The molecule has 0 atom stereocenters. The molecule has 0 spiro atoms. The Kier molecular flexibility index (Phi) is 14.8. The molecule has 0 aliphatic heterocycles. The minimum Gasteiger partial charge on any atom is -0.336 e. The van der Waals surface area contributed by atoms with Gasteiger partial charge >= 0.3 is 0 Å². The molecular weight excluding hydrogens is 122 g/mol. The van der Waals surface area contributed by atoms with Gasteiger partial charge in [-0.15, -0.1) is 0 Å². The monoisotopic (exact) mass is 146 g/mol. The lowest BCUT2D eigenvalue weighted by Gasteiger charge is -2.10. The summed E-state index contributed by atoms with van der Waals surface area (Å²) >= 11 is 0. The van der Waals surface area contributed by atoms with Gasteiger partial charge in [0.1, 0.15) is 0 Å². The summed E-state index contributed by atoms with van der Waals surface area (Å²) in [6.07, 6.45) is 1.25. The van der Waals surface area contributed by atoms with E-state index < -0.39 is 0 Å². The van der Waals surface area contributed by atoms with Gasteiger partial charge in [-0.05, 0) is 20.8 Å². The molecule has 0 aliphatic rings. The highest BCUT2D eigenvalue weighted by Gasteiger charge is 1.92. The van der Waals surface area contributed by atoms with E-state index in [1.54, 1.807) is 4.90 Å². The maximum Gasteiger partial charge on any atom is 0.0742 e. The van der Waals surface area contributed by atoms with Crippen LogP contribution in [0, 0.1) is 0 Å². The molecule has 0 amide bonds. The summed E-state index contributed by atoms with van der Waals surface area (Å²) in [6, 6.07) is 0. The van der Waals surface area contributed by atoms with E-state index in [-0.39, 0.29) is 0 Å². The van der Waals surface area contributed by atoms with Crippen molar-refractivity contribution in [3.63, 3.8) is 0 Å². The second-order valence-electron chi connectivity index (χ2n) is 2.52. The van der Waals surface area contributed by atoms with Crippen LogP contribution in [0.3, 0.4) is 0 Å². The van der Waals surface area contributed by atoms with Gasteiger partial charge in [0, 0.05) is 0 Å². The fourth-order valence-corrected chi connectivity index (χ4v) is 0.750. The van der Waals surface area contributed by atoms with Crippen molar-refractivity contribution in [1.82, 2.24) is 0 Å². The molecule has 1 N–H and O–H groups in total. The second kappa shape index (κ2) is 11.7. The van der Waals surface area contributed by atoms with Gasteiger partial charge in [0.25, 0.3) is 0 Å². The maximum absolute atomic E-state index is 2.22. The van der Waals surface area contributed by atoms with E-state index in [9.17, 15) is 0 Å². The van der Waals surface area contributed by atoms with Gasteiger partial charge in [-0.3, -0.25) is 0 Å². The largest absolute Gasteiger partial charge is 0.336 e. The average molecular weight is 146 g/mol. The molecule has 0 saturated carbocycles. The summed E-state index contributed by atoms with van der Waals surface area (Å²) in [7, 11) is 0. The van der Waals surface area contributed by atoms with E-state index in [1.807, 2.05) is 0 Å². The highest BCUT2D eigenvalue weighted by molar-refractivity contribution is 4.11. The molecule has 0 aromatic carbocycles. The lowest BCUT2D eigenvalue weighted by molar-refractivity contribution is -0.894. The molecule has 0 aromatic heterocycles. The molecule has 0 bridgehead atoms. The van der Waals surface area contributed by atoms with Crippen molar-refractivity contribution in [1.29, 1.82) is 0 Å². The van der Waals surface area contributed by atoms with Gasteiger partial charge in [0.05, 0.1) is 19.6 Å². The van der Waals surface area contributed by atoms with Gasteiger partial charge in [0.2, 0.25) is 0 Å². The van der Waals surface area contributed by atoms with Gasteiger partial charge in [-0.25, -0.2) is 0 Å². The normalized spacial score (nSPS) is 9.00. The Hall–Kier alpha value is -0.0400. The van der Waals surface area contributed by atoms with Crippen LogP contribution in [0.2, 0.25) is 0 Å². The molecule has 0 unspecified atom stereocenters. The summed E-state index contributed by atoms with van der Waals surface area (Å²) in [5.41, 5.74) is 0. The van der Waals surface area contributed by atoms with Gasteiger partial charge in [-0.2, -0.15) is 0 Å². The van der Waals surface area contributed by atoms with Crippen molar-refractivity contribution in [2.75, 3.05) is 19.6 Å². The molecular formula is C9H24N+. The maximum atomic E-state index is 2.22. The first-order valence-corrected chi connectivity index (χ1v) is 4.60. The molecule has 1 nitrogen and oxygen atoms in total. The molecule has 0 aliphatic carbocycles. The fraction of sp³-hybridized carbons (Fsp3) is 1.00. The van der Waals surface area contributed by atoms with E-state index >= 15 is 0 Å². The standard InChI is InChI=1S/C6H15N.C3H8/c1-4-7(5-2)6-3;1-3-2/h4-6H2,1-3H3;3H2,1-2H3/p+1. The summed E-state index contributed by atoms with van der Waals surface area (Å²) in [6.45, 7) is 14.7. The first-order chi connectivity index (χ1) is 4.76. The van der Waals surface area contributed by atoms with Crippen molar-refractivity contribution in [3.05, 3.63) is 0 Å². The Morgan fingerprint density at radius 1 is 0.700 bits per heavy atom. The zero-order valence-corrected chi connectivity index (χ0v) is 8.33. The smallest absolute Gasteiger partial charge is 0.0742 e. The third-order valence-corrected chi connectivity index (χ3v) is 1.50. The van der Waals surface area contributed by atoms with Crippen LogP contribution in [0.5, 0.6) is 0 Å². The van der Waals surface area contributed by atoms with Gasteiger partial charge < -0.3 is 4.90 Å². The number of nitrogens with one attached hydrogen (secondary N) is 1. The molecule has 0 fully saturated rings. The molecule has 64 valence electrons. The van der Waals surface area contributed by atoms with Crippen molar-refractivity contribution in [2.45, 2.75) is 41.0 Å². The summed E-state index contributed by atoms with van der Waals surface area (Å²) in [4.78, 5) is 1.68. The topological polar surface area (TPSA) is 4.44 Å². The van der Waals surface area contributed by atoms with Crippen LogP contribution in [-0.2, 0) is 0 Å². The zero-order chi connectivity index (χ0) is 8.41. The molecule has 0 heterocycles. The lowest BCUT2D eigenvalue weighted by atomic mass is 10.5. The predicted molar refractivity (Wildman–Crippen MR) is 48.6 cm³/mol. The molecule has 0 radical (unpaired) electrons. The van der Waals surface area contributed by atoms with Gasteiger partial charge in [-0.1, -0.05) is 20.3 Å². The molecule has 10 heavy (non-hydrogen) atoms. The van der Waals surface area contributed by atoms with Crippen LogP contribution in [-0.4, -0.2) is 19.6 Å². The van der Waals surface area contributed by atoms with E-state index in [1.165, 1.54) is 26.1 Å². The average Bonchev–Trinajstić information content (AvgIpc) is 1.93. The second-order valence-corrected chi connectivity index (χ2v) is 2.52. The predicted octanol–water partition coefficient (Wildman–Crippen LogP) is 1.35. The van der Waals surface area contributed by atoms with Crippen molar-refractivity contribution in [3.8, 4) is 0 Å². The number of hydrogen-bond acceptors (Lipinski definition) is 0. The van der Waals surface area contributed by atoms with E-state index in [2.05, 4.69) is 34.6 Å². The number of quaternary nitrogens is 1. The van der Waals surface area contributed by atoms with Crippen LogP contribution in [0.1, 0.15) is 41.0 Å². The van der Waals surface area contributed by atoms with Crippen LogP contribution >= 0.6 is 0 Å². The fourth-order valence-electron chi connectivity index (χ4n) is 0.750. The highest BCUT2D eigenvalue weighted by atomic mass is 15.1. The third-order valence-electron chi connectivity index (χ3n) is 1.50. The first-order valence-electron chi connectivity index (χ1n) is 4.60. The van der Waals surface area contributed by atoms with Crippen molar-refractivity contribution >= 4 is 0 Å². The summed E-state index contributed by atoms with van der Waals surface area (Å²) in [5, 5.41) is 0. The van der Waals surface area contributed by atoms with E-state index in [0.29, 0.717) is 0 Å². The van der Waals surface area contributed by atoms with Crippen LogP contribution in [0.4, 0.5) is 0 Å². The van der Waals surface area contributed by atoms with Crippen molar-refractivity contribution < 1.29 is 4.90 Å². The molecule has 0 saturated heterocycles. The summed E-state index contributed by atoms with van der Waals surface area (Å²) < 4.78 is 0. The van der Waals surface area contributed by atoms with Crippen LogP contribution in [0.15, 0.2) is 0 Å². The third kappa shape index (κ3) is 10.9. The zero-order valence-electron chi connectivity index (χ0n) is 8.33. The molecule has 0 aromatic rings. The number of rotatable bonds is 3. The van der Waals surface area contributed by atoms with E-state index in [0.717, 1.165) is 0 Å². The number of hydrogen-bond donors (Lipinski definition) is 1. The Bertz CT molecular complexity index is 34.5. The Balaban J connectivity index is 0. The Morgan fingerprint density at radius 3 is 0.900 bits per heavy atom. The SMILES string of the molecule is CCC.CC[NH+](CC)CC. The summed E-state index contributed by atoms with van der Waals surface area (Å²) in [5.74, 6) is 0. The minimum atomic E-state index is 1.25. The molecule has 0 rings (SSSR count). The van der Waals surface area contributed by atoms with Gasteiger partial charge in [0.15, 0.2) is 0 Å². The Labute approximate surface area is 66.4 Å². The Morgan fingerprint density at radius 2 is 0.900 bits per heavy atom. The van der Waals surface area contributed by atoms with Crippen LogP contribution in [0.25, 0.3) is 0 Å². The highest BCUT2D eigenvalue weighted by Crippen LogP contribution is 1.56. The van der Waals surface area contributed by atoms with Crippen LogP contribution < -0.4 is 4.90 Å². The molecule has 1 heteroatoms. The quantitative estimate of drug-likeness (QED) is 0.613. The lowest BCUT2D eigenvalue weighted by Crippen LogP contribution is -3.11.